The third kappa shape index (κ3) is 4.81. The first kappa shape index (κ1) is 19.7. The van der Waals surface area contributed by atoms with Crippen molar-refractivity contribution in [1.82, 2.24) is 0 Å². The standard InChI is InChI=1S/C21H18N2O6/c1-27-16-6-3-14(4-7-16)22-21(24)19-13-15(23(25)26)5-12-20(19)29-18-10-8-17(28-2)9-11-18/h3-13H,1-2H3,(H,22,24). The van der Waals surface area contributed by atoms with E-state index in [1.165, 1.54) is 18.2 Å². The summed E-state index contributed by atoms with van der Waals surface area (Å²) in [5.41, 5.74) is 0.329. The van der Waals surface area contributed by atoms with E-state index in [-0.39, 0.29) is 17.0 Å². The molecular formula is C21H18N2O6. The molecule has 0 saturated carbocycles. The van der Waals surface area contributed by atoms with Gasteiger partial charge >= 0.3 is 0 Å². The number of nitrogens with one attached hydrogen (secondary N) is 1. The van der Waals surface area contributed by atoms with Gasteiger partial charge in [0.15, 0.2) is 0 Å². The third-order valence-electron chi connectivity index (χ3n) is 4.05. The smallest absolute Gasteiger partial charge is 0.270 e. The molecule has 3 aromatic carbocycles. The van der Waals surface area contributed by atoms with E-state index in [9.17, 15) is 14.9 Å². The van der Waals surface area contributed by atoms with E-state index >= 15 is 0 Å². The first-order valence-corrected chi connectivity index (χ1v) is 8.56. The SMILES string of the molecule is COc1ccc(NC(=O)c2cc([N+](=O)[O-])ccc2Oc2ccc(OC)cc2)cc1. The number of nitrogens with zero attached hydrogens (tertiary/aromatic N) is 1. The van der Waals surface area contributed by atoms with Crippen molar-refractivity contribution in [3.8, 4) is 23.0 Å². The van der Waals surface area contributed by atoms with Gasteiger partial charge in [0.2, 0.25) is 0 Å². The number of hydrogen-bond acceptors (Lipinski definition) is 6. The molecule has 29 heavy (non-hydrogen) atoms. The lowest BCUT2D eigenvalue weighted by Gasteiger charge is -2.12. The van der Waals surface area contributed by atoms with Crippen LogP contribution in [0.4, 0.5) is 11.4 Å². The van der Waals surface area contributed by atoms with Crippen molar-refractivity contribution >= 4 is 17.3 Å². The highest BCUT2D eigenvalue weighted by atomic mass is 16.6. The van der Waals surface area contributed by atoms with Gasteiger partial charge in [-0.05, 0) is 54.6 Å². The average Bonchev–Trinajstić information content (AvgIpc) is 2.75. The Morgan fingerprint density at radius 2 is 1.41 bits per heavy atom. The Hall–Kier alpha value is -4.07. The second-order valence-electron chi connectivity index (χ2n) is 5.90. The van der Waals surface area contributed by atoms with E-state index in [4.69, 9.17) is 14.2 Å². The second-order valence-corrected chi connectivity index (χ2v) is 5.90. The summed E-state index contributed by atoms with van der Waals surface area (Å²) < 4.78 is 16.0. The van der Waals surface area contributed by atoms with Crippen LogP contribution < -0.4 is 19.5 Å². The Kier molecular flexibility index (Phi) is 5.94. The molecule has 3 aromatic rings. The molecule has 0 radical (unpaired) electrons. The Labute approximate surface area is 166 Å². The van der Waals surface area contributed by atoms with Gasteiger partial charge in [0.1, 0.15) is 23.0 Å². The summed E-state index contributed by atoms with van der Waals surface area (Å²) in [7, 11) is 3.09. The molecule has 148 valence electrons. The fourth-order valence-electron chi connectivity index (χ4n) is 2.54. The van der Waals surface area contributed by atoms with Gasteiger partial charge in [0.05, 0.1) is 24.7 Å². The number of amides is 1. The highest BCUT2D eigenvalue weighted by Gasteiger charge is 2.19. The van der Waals surface area contributed by atoms with Crippen molar-refractivity contribution in [2.24, 2.45) is 0 Å². The van der Waals surface area contributed by atoms with Gasteiger partial charge in [-0.3, -0.25) is 14.9 Å². The lowest BCUT2D eigenvalue weighted by Crippen LogP contribution is -2.13. The zero-order valence-corrected chi connectivity index (χ0v) is 15.7. The van der Waals surface area contributed by atoms with Crippen LogP contribution in [0.3, 0.4) is 0 Å². The number of carbonyl (C=O) groups excluding carboxylic acids is 1. The van der Waals surface area contributed by atoms with Crippen LogP contribution in [0.5, 0.6) is 23.0 Å². The van der Waals surface area contributed by atoms with Crippen molar-refractivity contribution in [3.63, 3.8) is 0 Å². The molecule has 0 aromatic heterocycles. The van der Waals surface area contributed by atoms with Crippen molar-refractivity contribution in [2.75, 3.05) is 19.5 Å². The molecule has 0 fully saturated rings. The van der Waals surface area contributed by atoms with Crippen LogP contribution in [0.2, 0.25) is 0 Å². The number of ether oxygens (including phenoxy) is 3. The number of nitro groups is 1. The summed E-state index contributed by atoms with van der Waals surface area (Å²) >= 11 is 0. The van der Waals surface area contributed by atoms with Crippen LogP contribution in [0.15, 0.2) is 66.7 Å². The van der Waals surface area contributed by atoms with Gasteiger partial charge < -0.3 is 19.5 Å². The van der Waals surface area contributed by atoms with Crippen LogP contribution in [0, 0.1) is 10.1 Å². The quantitative estimate of drug-likeness (QED) is 0.462. The molecule has 0 heterocycles. The summed E-state index contributed by atoms with van der Waals surface area (Å²) in [6.45, 7) is 0. The Balaban J connectivity index is 1.89. The first-order valence-electron chi connectivity index (χ1n) is 8.56. The molecule has 0 atom stereocenters. The maximum atomic E-state index is 12.8. The van der Waals surface area contributed by atoms with E-state index < -0.39 is 10.8 Å². The van der Waals surface area contributed by atoms with E-state index in [0.29, 0.717) is 22.9 Å². The minimum absolute atomic E-state index is 0.0332. The van der Waals surface area contributed by atoms with Crippen molar-refractivity contribution < 1.29 is 23.9 Å². The van der Waals surface area contributed by atoms with Gasteiger partial charge in [0, 0.05) is 17.8 Å². The number of rotatable bonds is 7. The topological polar surface area (TPSA) is 99.9 Å². The van der Waals surface area contributed by atoms with Crippen LogP contribution in [-0.2, 0) is 0 Å². The summed E-state index contributed by atoms with van der Waals surface area (Å²) in [6.07, 6.45) is 0. The molecule has 0 aliphatic carbocycles. The predicted octanol–water partition coefficient (Wildman–Crippen LogP) is 4.66. The number of benzene rings is 3. The van der Waals surface area contributed by atoms with Gasteiger partial charge in [-0.1, -0.05) is 0 Å². The fraction of sp³-hybridized carbons (Fsp3) is 0.0952. The highest BCUT2D eigenvalue weighted by molar-refractivity contribution is 6.06. The van der Waals surface area contributed by atoms with Gasteiger partial charge in [0.25, 0.3) is 11.6 Å². The monoisotopic (exact) mass is 394 g/mol. The normalized spacial score (nSPS) is 10.1. The van der Waals surface area contributed by atoms with E-state index in [2.05, 4.69) is 5.32 Å². The van der Waals surface area contributed by atoms with Crippen LogP contribution in [0.25, 0.3) is 0 Å². The summed E-state index contributed by atoms with van der Waals surface area (Å²) in [6, 6.07) is 17.3. The molecule has 8 heteroatoms. The predicted molar refractivity (Wildman–Crippen MR) is 107 cm³/mol. The number of nitro benzene ring substituents is 1. The Morgan fingerprint density at radius 1 is 0.862 bits per heavy atom. The lowest BCUT2D eigenvalue weighted by molar-refractivity contribution is -0.384. The molecule has 0 bridgehead atoms. The molecule has 1 N–H and O–H groups in total. The number of carbonyl (C=O) groups is 1. The molecule has 0 spiro atoms. The maximum Gasteiger partial charge on any atom is 0.270 e. The minimum Gasteiger partial charge on any atom is -0.497 e. The van der Waals surface area contributed by atoms with Crippen molar-refractivity contribution in [1.29, 1.82) is 0 Å². The molecule has 0 saturated heterocycles. The largest absolute Gasteiger partial charge is 0.497 e. The molecule has 0 aliphatic rings. The second kappa shape index (κ2) is 8.75. The van der Waals surface area contributed by atoms with Crippen molar-refractivity contribution in [3.05, 3.63) is 82.4 Å². The van der Waals surface area contributed by atoms with Gasteiger partial charge in [-0.15, -0.1) is 0 Å². The third-order valence-corrected chi connectivity index (χ3v) is 4.05. The minimum atomic E-state index is -0.568. The number of methoxy groups -OCH3 is 2. The average molecular weight is 394 g/mol. The van der Waals surface area contributed by atoms with E-state index in [1.54, 1.807) is 62.8 Å². The molecule has 8 nitrogen and oxygen atoms in total. The van der Waals surface area contributed by atoms with E-state index in [1.807, 2.05) is 0 Å². The number of hydrogen-bond donors (Lipinski definition) is 1. The summed E-state index contributed by atoms with van der Waals surface area (Å²) in [5, 5.41) is 13.9. The summed E-state index contributed by atoms with van der Waals surface area (Å²) in [5.74, 6) is 1.40. The molecule has 0 unspecified atom stereocenters. The fourth-order valence-corrected chi connectivity index (χ4v) is 2.54. The lowest BCUT2D eigenvalue weighted by atomic mass is 10.1. The molecular weight excluding hydrogens is 376 g/mol. The van der Waals surface area contributed by atoms with E-state index in [0.717, 1.165) is 0 Å². The molecule has 1 amide bonds. The Bertz CT molecular complexity index is 1020. The molecule has 0 aliphatic heterocycles. The van der Waals surface area contributed by atoms with Gasteiger partial charge in [-0.2, -0.15) is 0 Å². The number of non-ortho nitro benzene ring substituents is 1. The molecule has 3 rings (SSSR count). The highest BCUT2D eigenvalue weighted by Crippen LogP contribution is 2.30. The van der Waals surface area contributed by atoms with Crippen LogP contribution >= 0.6 is 0 Å². The zero-order valence-electron chi connectivity index (χ0n) is 15.7. The van der Waals surface area contributed by atoms with Crippen LogP contribution in [0.1, 0.15) is 10.4 Å². The van der Waals surface area contributed by atoms with Crippen molar-refractivity contribution in [2.45, 2.75) is 0 Å². The zero-order chi connectivity index (χ0) is 20.8. The first-order chi connectivity index (χ1) is 14.0. The maximum absolute atomic E-state index is 12.8. The summed E-state index contributed by atoms with van der Waals surface area (Å²) in [4.78, 5) is 23.4. The van der Waals surface area contributed by atoms with Gasteiger partial charge in [-0.25, -0.2) is 0 Å². The van der Waals surface area contributed by atoms with Crippen LogP contribution in [-0.4, -0.2) is 25.1 Å². The Morgan fingerprint density at radius 3 is 1.97 bits per heavy atom. The number of anilines is 1.